The summed E-state index contributed by atoms with van der Waals surface area (Å²) in [6.45, 7) is 4.64. The highest BCUT2D eigenvalue weighted by molar-refractivity contribution is 9.11. The maximum absolute atomic E-state index is 11.9. The van der Waals surface area contributed by atoms with Crippen LogP contribution in [0.2, 0.25) is 0 Å². The van der Waals surface area contributed by atoms with Gasteiger partial charge in [0, 0.05) is 13.1 Å². The van der Waals surface area contributed by atoms with Gasteiger partial charge in [0.05, 0.1) is 10.3 Å². The highest BCUT2D eigenvalue weighted by Crippen LogP contribution is 2.25. The Morgan fingerprint density at radius 3 is 2.44 bits per heavy atom. The lowest BCUT2D eigenvalue weighted by atomic mass is 10.4. The number of hydrogen-bond acceptors (Lipinski definition) is 4. The highest BCUT2D eigenvalue weighted by Gasteiger charge is 2.19. The van der Waals surface area contributed by atoms with Gasteiger partial charge in [-0.2, -0.15) is 0 Å². The third-order valence-electron chi connectivity index (χ3n) is 2.34. The third-order valence-corrected chi connectivity index (χ3v) is 5.86. The summed E-state index contributed by atoms with van der Waals surface area (Å²) in [4.78, 5) is 13.3. The van der Waals surface area contributed by atoms with Gasteiger partial charge in [-0.25, -0.2) is 13.1 Å². The van der Waals surface area contributed by atoms with E-state index < -0.39 is 10.0 Å². The summed E-state index contributed by atoms with van der Waals surface area (Å²) >= 11 is 4.31. The van der Waals surface area contributed by atoms with Gasteiger partial charge in [-0.05, 0) is 41.9 Å². The molecule has 0 atom stereocenters. The quantitative estimate of drug-likeness (QED) is 0.844. The van der Waals surface area contributed by atoms with Crippen LogP contribution in [-0.2, 0) is 14.8 Å². The van der Waals surface area contributed by atoms with Gasteiger partial charge in [0.25, 0.3) is 10.0 Å². The van der Waals surface area contributed by atoms with E-state index in [1.807, 2.05) is 13.8 Å². The van der Waals surface area contributed by atoms with Crippen molar-refractivity contribution in [1.82, 2.24) is 9.62 Å². The molecule has 1 aromatic heterocycles. The number of likely N-dealkylation sites (N-methyl/N-ethyl adjacent to an activating group) is 1. The molecule has 0 aliphatic rings. The second kappa shape index (κ2) is 6.65. The molecule has 1 aromatic rings. The van der Waals surface area contributed by atoms with Crippen molar-refractivity contribution < 1.29 is 13.2 Å². The summed E-state index contributed by atoms with van der Waals surface area (Å²) in [7, 11) is -3.59. The van der Waals surface area contributed by atoms with Crippen LogP contribution >= 0.6 is 27.3 Å². The first kappa shape index (κ1) is 15.6. The molecule has 0 spiro atoms. The van der Waals surface area contributed by atoms with Crippen molar-refractivity contribution in [3.05, 3.63) is 15.9 Å². The fraction of sp³-hybridized carbons (Fsp3) is 0.500. The van der Waals surface area contributed by atoms with E-state index in [0.717, 1.165) is 15.1 Å². The van der Waals surface area contributed by atoms with Crippen LogP contribution in [0.4, 0.5) is 0 Å². The minimum atomic E-state index is -3.59. The van der Waals surface area contributed by atoms with Crippen molar-refractivity contribution in [2.45, 2.75) is 18.1 Å². The Bertz CT molecular complexity index is 509. The van der Waals surface area contributed by atoms with Gasteiger partial charge < -0.3 is 4.90 Å². The number of thiophene rings is 1. The molecule has 0 bridgehead atoms. The molecule has 1 amide bonds. The fourth-order valence-electron chi connectivity index (χ4n) is 1.36. The lowest BCUT2D eigenvalue weighted by Gasteiger charge is -2.18. The Balaban J connectivity index is 2.66. The smallest absolute Gasteiger partial charge is 0.250 e. The van der Waals surface area contributed by atoms with Gasteiger partial charge in [-0.1, -0.05) is 0 Å². The first-order valence-electron chi connectivity index (χ1n) is 5.43. The maximum Gasteiger partial charge on any atom is 0.250 e. The van der Waals surface area contributed by atoms with E-state index in [4.69, 9.17) is 0 Å². The number of nitrogens with one attached hydrogen (secondary N) is 1. The van der Waals surface area contributed by atoms with Gasteiger partial charge in [-0.3, -0.25) is 4.79 Å². The molecular weight excluding hydrogens is 340 g/mol. The van der Waals surface area contributed by atoms with Gasteiger partial charge in [0.2, 0.25) is 5.91 Å². The second-order valence-electron chi connectivity index (χ2n) is 3.45. The van der Waals surface area contributed by atoms with Crippen molar-refractivity contribution >= 4 is 43.2 Å². The van der Waals surface area contributed by atoms with Crippen LogP contribution in [0.15, 0.2) is 20.1 Å². The van der Waals surface area contributed by atoms with Gasteiger partial charge >= 0.3 is 0 Å². The van der Waals surface area contributed by atoms with Crippen molar-refractivity contribution in [3.63, 3.8) is 0 Å². The molecule has 102 valence electrons. The van der Waals surface area contributed by atoms with Crippen LogP contribution in [0.3, 0.4) is 0 Å². The molecule has 5 nitrogen and oxygen atoms in total. The van der Waals surface area contributed by atoms with E-state index in [1.165, 1.54) is 6.07 Å². The van der Waals surface area contributed by atoms with Crippen molar-refractivity contribution in [2.24, 2.45) is 0 Å². The fourth-order valence-corrected chi connectivity index (χ4v) is 4.39. The lowest BCUT2D eigenvalue weighted by molar-refractivity contribution is -0.129. The molecule has 0 unspecified atom stereocenters. The van der Waals surface area contributed by atoms with Gasteiger partial charge in [0.1, 0.15) is 4.21 Å². The number of carbonyl (C=O) groups excluding carboxylic acids is 1. The molecule has 18 heavy (non-hydrogen) atoms. The maximum atomic E-state index is 11.9. The molecule has 8 heteroatoms. The molecule has 0 radical (unpaired) electrons. The molecule has 1 rings (SSSR count). The number of hydrogen-bond donors (Lipinski definition) is 1. The third kappa shape index (κ3) is 4.04. The Morgan fingerprint density at radius 1 is 1.39 bits per heavy atom. The second-order valence-corrected chi connectivity index (χ2v) is 7.91. The van der Waals surface area contributed by atoms with Crippen molar-refractivity contribution in [3.8, 4) is 0 Å². The van der Waals surface area contributed by atoms with E-state index in [0.29, 0.717) is 13.1 Å². The molecule has 0 saturated heterocycles. The number of carbonyl (C=O) groups is 1. The zero-order chi connectivity index (χ0) is 13.8. The Morgan fingerprint density at radius 2 is 2.00 bits per heavy atom. The predicted octanol–water partition coefficient (Wildman–Crippen LogP) is 1.66. The summed E-state index contributed by atoms with van der Waals surface area (Å²) in [5.74, 6) is -0.223. The average molecular weight is 355 g/mol. The number of nitrogens with zero attached hydrogens (tertiary/aromatic N) is 1. The normalized spacial score (nSPS) is 11.5. The number of amides is 1. The van der Waals surface area contributed by atoms with Crippen LogP contribution in [0.5, 0.6) is 0 Å². The zero-order valence-corrected chi connectivity index (χ0v) is 13.4. The van der Waals surface area contributed by atoms with E-state index in [-0.39, 0.29) is 16.7 Å². The van der Waals surface area contributed by atoms with Crippen LogP contribution in [0.25, 0.3) is 0 Å². The number of sulfonamides is 1. The molecule has 1 N–H and O–H groups in total. The Kier molecular flexibility index (Phi) is 5.77. The Hall–Kier alpha value is -0.440. The summed E-state index contributed by atoms with van der Waals surface area (Å²) in [5, 5.41) is 0. The van der Waals surface area contributed by atoms with Gasteiger partial charge in [0.15, 0.2) is 0 Å². The van der Waals surface area contributed by atoms with Crippen LogP contribution in [0, 0.1) is 0 Å². The van der Waals surface area contributed by atoms with Crippen LogP contribution in [0.1, 0.15) is 13.8 Å². The Labute approximate surface area is 119 Å². The van der Waals surface area contributed by atoms with Crippen molar-refractivity contribution in [1.29, 1.82) is 0 Å². The largest absolute Gasteiger partial charge is 0.342 e. The number of halogens is 1. The first-order chi connectivity index (χ1) is 8.40. The van der Waals surface area contributed by atoms with Gasteiger partial charge in [-0.15, -0.1) is 11.3 Å². The minimum Gasteiger partial charge on any atom is -0.342 e. The summed E-state index contributed by atoms with van der Waals surface area (Å²) in [6.07, 6.45) is 0. The molecular formula is C10H15BrN2O3S2. The SMILES string of the molecule is CCN(CC)C(=O)CNS(=O)(=O)c1ccc(Br)s1. The predicted molar refractivity (Wildman–Crippen MR) is 75.1 cm³/mol. The van der Waals surface area contributed by atoms with E-state index in [2.05, 4.69) is 20.7 Å². The van der Waals surface area contributed by atoms with E-state index >= 15 is 0 Å². The summed E-state index contributed by atoms with van der Waals surface area (Å²) < 4.78 is 27.0. The van der Waals surface area contributed by atoms with Crippen LogP contribution in [-0.4, -0.2) is 38.9 Å². The number of rotatable bonds is 6. The summed E-state index contributed by atoms with van der Waals surface area (Å²) in [6, 6.07) is 3.16. The molecule has 0 fully saturated rings. The van der Waals surface area contributed by atoms with Crippen molar-refractivity contribution in [2.75, 3.05) is 19.6 Å². The molecule has 0 aliphatic heterocycles. The van der Waals surface area contributed by atoms with E-state index in [9.17, 15) is 13.2 Å². The first-order valence-corrected chi connectivity index (χ1v) is 8.52. The molecule has 1 heterocycles. The lowest BCUT2D eigenvalue weighted by Crippen LogP contribution is -2.39. The summed E-state index contributed by atoms with van der Waals surface area (Å²) in [5.41, 5.74) is 0. The molecule has 0 aromatic carbocycles. The molecule has 0 saturated carbocycles. The van der Waals surface area contributed by atoms with Crippen LogP contribution < -0.4 is 4.72 Å². The standard InChI is InChI=1S/C10H15BrN2O3S2/c1-3-13(4-2)9(14)7-12-18(15,16)10-6-5-8(11)17-10/h5-6,12H,3-4,7H2,1-2H3. The monoisotopic (exact) mass is 354 g/mol. The topological polar surface area (TPSA) is 66.5 Å². The molecule has 0 aliphatic carbocycles. The minimum absolute atomic E-state index is 0.196. The highest BCUT2D eigenvalue weighted by atomic mass is 79.9. The average Bonchev–Trinajstić information content (AvgIpc) is 2.76. The van der Waals surface area contributed by atoms with E-state index in [1.54, 1.807) is 11.0 Å². The zero-order valence-electron chi connectivity index (χ0n) is 10.1.